The lowest BCUT2D eigenvalue weighted by Crippen LogP contribution is -2.49. The average Bonchev–Trinajstić information content (AvgIpc) is 3.04. The Bertz CT molecular complexity index is 465. The van der Waals surface area contributed by atoms with Gasteiger partial charge in [-0.2, -0.15) is 0 Å². The van der Waals surface area contributed by atoms with Crippen molar-refractivity contribution in [3.63, 3.8) is 0 Å². The van der Waals surface area contributed by atoms with E-state index in [1.807, 2.05) is 0 Å². The van der Waals surface area contributed by atoms with E-state index in [0.29, 0.717) is 10.8 Å². The molecule has 3 aliphatic carbocycles. The maximum absolute atomic E-state index is 5.13. The molecule has 1 nitrogen and oxygen atoms in total. The fourth-order valence-corrected chi connectivity index (χ4v) is 8.26. The molecular formula is C25H46OS. The van der Waals surface area contributed by atoms with E-state index >= 15 is 0 Å². The van der Waals surface area contributed by atoms with Gasteiger partial charge in [-0.1, -0.05) is 59.8 Å². The van der Waals surface area contributed by atoms with E-state index in [1.54, 1.807) is 0 Å². The summed E-state index contributed by atoms with van der Waals surface area (Å²) < 4.78 is 5.13. The fourth-order valence-electron chi connectivity index (χ4n) is 8.15. The second kappa shape index (κ2) is 9.41. The third kappa shape index (κ3) is 4.42. The summed E-state index contributed by atoms with van der Waals surface area (Å²) in [6.07, 6.45) is 18.7. The van der Waals surface area contributed by atoms with Crippen LogP contribution in [-0.2, 0) is 4.18 Å². The van der Waals surface area contributed by atoms with E-state index in [1.165, 1.54) is 83.5 Å². The van der Waals surface area contributed by atoms with E-state index < -0.39 is 0 Å². The predicted molar refractivity (Wildman–Crippen MR) is 120 cm³/mol. The van der Waals surface area contributed by atoms with Gasteiger partial charge in [0.05, 0.1) is 6.61 Å². The number of thiol groups is 1. The highest BCUT2D eigenvalue weighted by atomic mass is 32.1. The second-order valence-corrected chi connectivity index (χ2v) is 11.2. The molecule has 0 aliphatic heterocycles. The van der Waals surface area contributed by atoms with Crippen LogP contribution >= 0.6 is 12.9 Å². The molecule has 3 saturated carbocycles. The van der Waals surface area contributed by atoms with Crippen LogP contribution in [0.3, 0.4) is 0 Å². The Hall–Kier alpha value is 0.310. The smallest absolute Gasteiger partial charge is 0.0613 e. The topological polar surface area (TPSA) is 9.23 Å². The zero-order valence-corrected chi connectivity index (χ0v) is 19.5. The van der Waals surface area contributed by atoms with E-state index in [0.717, 1.165) is 36.2 Å². The van der Waals surface area contributed by atoms with Crippen LogP contribution in [0, 0.1) is 40.4 Å². The summed E-state index contributed by atoms with van der Waals surface area (Å²) >= 11 is 3.99. The van der Waals surface area contributed by atoms with Crippen LogP contribution in [0.15, 0.2) is 0 Å². The van der Waals surface area contributed by atoms with Crippen LogP contribution in [0.1, 0.15) is 111 Å². The summed E-state index contributed by atoms with van der Waals surface area (Å²) in [6, 6.07) is 0. The monoisotopic (exact) mass is 394 g/mol. The van der Waals surface area contributed by atoms with Gasteiger partial charge in [-0.05, 0) is 105 Å². The largest absolute Gasteiger partial charge is 0.318 e. The Balaban J connectivity index is 1.73. The second-order valence-electron chi connectivity index (χ2n) is 10.9. The van der Waals surface area contributed by atoms with Crippen LogP contribution < -0.4 is 0 Å². The lowest BCUT2D eigenvalue weighted by atomic mass is 9.47. The molecule has 158 valence electrons. The van der Waals surface area contributed by atoms with E-state index in [-0.39, 0.29) is 0 Å². The molecule has 2 heteroatoms. The minimum Gasteiger partial charge on any atom is -0.318 e. The lowest BCUT2D eigenvalue weighted by Gasteiger charge is -2.58. The molecule has 3 fully saturated rings. The van der Waals surface area contributed by atoms with Crippen molar-refractivity contribution < 1.29 is 4.18 Å². The van der Waals surface area contributed by atoms with Gasteiger partial charge in [0.15, 0.2) is 0 Å². The Morgan fingerprint density at radius 2 is 1.70 bits per heavy atom. The first kappa shape index (κ1) is 22.0. The van der Waals surface area contributed by atoms with Crippen molar-refractivity contribution in [1.82, 2.24) is 0 Å². The van der Waals surface area contributed by atoms with Gasteiger partial charge in [0.2, 0.25) is 0 Å². The third-order valence-electron chi connectivity index (χ3n) is 9.84. The molecule has 7 atom stereocenters. The highest BCUT2D eigenvalue weighted by Crippen LogP contribution is 2.61. The SMILES string of the molecule is CCC1C[C@H](CC)C2CCCCC2(C)C1CCC1(C)CCCC1CCOS. The Morgan fingerprint density at radius 1 is 0.926 bits per heavy atom. The molecule has 0 amide bonds. The molecule has 0 spiro atoms. The van der Waals surface area contributed by atoms with Crippen LogP contribution in [0.5, 0.6) is 0 Å². The first-order chi connectivity index (χ1) is 13.0. The van der Waals surface area contributed by atoms with Gasteiger partial charge in [0, 0.05) is 0 Å². The van der Waals surface area contributed by atoms with Crippen LogP contribution in [0.25, 0.3) is 0 Å². The van der Waals surface area contributed by atoms with Crippen molar-refractivity contribution in [2.75, 3.05) is 6.61 Å². The normalized spacial score (nSPS) is 45.0. The maximum atomic E-state index is 5.13. The Morgan fingerprint density at radius 3 is 2.41 bits per heavy atom. The van der Waals surface area contributed by atoms with Crippen molar-refractivity contribution in [2.24, 2.45) is 40.4 Å². The number of hydrogen-bond acceptors (Lipinski definition) is 2. The molecule has 0 radical (unpaired) electrons. The molecule has 0 N–H and O–H groups in total. The fraction of sp³-hybridized carbons (Fsp3) is 1.00. The van der Waals surface area contributed by atoms with Gasteiger partial charge < -0.3 is 4.18 Å². The average molecular weight is 395 g/mol. The summed E-state index contributed by atoms with van der Waals surface area (Å²) in [7, 11) is 0. The Kier molecular flexibility index (Phi) is 7.67. The highest BCUT2D eigenvalue weighted by Gasteiger charge is 2.52. The summed E-state index contributed by atoms with van der Waals surface area (Å²) in [5, 5.41) is 0. The summed E-state index contributed by atoms with van der Waals surface area (Å²) in [6.45, 7) is 11.1. The van der Waals surface area contributed by atoms with Crippen LogP contribution in [0.4, 0.5) is 0 Å². The highest BCUT2D eigenvalue weighted by molar-refractivity contribution is 7.75. The van der Waals surface area contributed by atoms with Gasteiger partial charge in [0.1, 0.15) is 0 Å². The lowest BCUT2D eigenvalue weighted by molar-refractivity contribution is -0.0820. The zero-order valence-electron chi connectivity index (χ0n) is 18.6. The van der Waals surface area contributed by atoms with Gasteiger partial charge in [-0.25, -0.2) is 0 Å². The first-order valence-corrected chi connectivity index (χ1v) is 12.6. The minimum absolute atomic E-state index is 0.548. The van der Waals surface area contributed by atoms with E-state index in [9.17, 15) is 0 Å². The van der Waals surface area contributed by atoms with Gasteiger partial charge in [0.25, 0.3) is 0 Å². The molecule has 3 rings (SSSR count). The maximum Gasteiger partial charge on any atom is 0.0613 e. The molecule has 0 aromatic heterocycles. The number of rotatable bonds is 8. The third-order valence-corrected chi connectivity index (χ3v) is 10.0. The molecule has 6 unspecified atom stereocenters. The molecule has 27 heavy (non-hydrogen) atoms. The van der Waals surface area contributed by atoms with E-state index in [2.05, 4.69) is 40.6 Å². The van der Waals surface area contributed by atoms with Crippen LogP contribution in [-0.4, -0.2) is 6.61 Å². The first-order valence-electron chi connectivity index (χ1n) is 12.2. The molecule has 3 aliphatic rings. The van der Waals surface area contributed by atoms with Crippen molar-refractivity contribution in [3.05, 3.63) is 0 Å². The number of hydrogen-bond donors (Lipinski definition) is 1. The van der Waals surface area contributed by atoms with Crippen molar-refractivity contribution in [3.8, 4) is 0 Å². The van der Waals surface area contributed by atoms with Gasteiger partial charge >= 0.3 is 0 Å². The molecule has 0 aromatic rings. The standard InChI is InChI=1S/C25H46OS/c1-5-19-18-20(6-2)23(25(4)15-8-7-11-22(19)25)12-16-24(3)14-9-10-21(24)13-17-26-27/h19-23,27H,5-18H2,1-4H3/t19-,20?,21?,22?,23?,24?,25?/m0/s1. The molecule has 0 heterocycles. The summed E-state index contributed by atoms with van der Waals surface area (Å²) in [5.74, 6) is 4.80. The molecular weight excluding hydrogens is 348 g/mol. The summed E-state index contributed by atoms with van der Waals surface area (Å²) in [5.41, 5.74) is 1.17. The number of fused-ring (bicyclic) bond motifs is 1. The van der Waals surface area contributed by atoms with E-state index in [4.69, 9.17) is 4.18 Å². The Labute approximate surface area is 175 Å². The van der Waals surface area contributed by atoms with Crippen molar-refractivity contribution in [2.45, 2.75) is 111 Å². The molecule has 0 aromatic carbocycles. The van der Waals surface area contributed by atoms with Gasteiger partial charge in [-0.15, -0.1) is 0 Å². The molecule has 0 saturated heterocycles. The minimum atomic E-state index is 0.548. The van der Waals surface area contributed by atoms with Gasteiger partial charge in [-0.3, -0.25) is 0 Å². The quantitative estimate of drug-likeness (QED) is 0.323. The van der Waals surface area contributed by atoms with Crippen molar-refractivity contribution in [1.29, 1.82) is 0 Å². The molecule has 0 bridgehead atoms. The van der Waals surface area contributed by atoms with Crippen LogP contribution in [0.2, 0.25) is 0 Å². The zero-order chi connectivity index (χ0) is 19.5. The van der Waals surface area contributed by atoms with Crippen molar-refractivity contribution >= 4 is 12.9 Å². The summed E-state index contributed by atoms with van der Waals surface area (Å²) in [4.78, 5) is 0. The predicted octanol–water partition coefficient (Wildman–Crippen LogP) is 8.09.